The van der Waals surface area contributed by atoms with Crippen molar-refractivity contribution in [3.8, 4) is 0 Å². The molecule has 2 heterocycles. The lowest BCUT2D eigenvalue weighted by atomic mass is 9.78. The van der Waals surface area contributed by atoms with E-state index in [0.29, 0.717) is 23.6 Å². The van der Waals surface area contributed by atoms with E-state index in [1.807, 2.05) is 11.6 Å². The van der Waals surface area contributed by atoms with Crippen molar-refractivity contribution in [3.63, 3.8) is 0 Å². The second kappa shape index (κ2) is 7.64. The van der Waals surface area contributed by atoms with Crippen LogP contribution in [0.2, 0.25) is 0 Å². The average Bonchev–Trinajstić information content (AvgIpc) is 2.97. The van der Waals surface area contributed by atoms with Crippen LogP contribution in [0.1, 0.15) is 74.6 Å². The molecule has 1 saturated carbocycles. The number of hydrogen-bond donors (Lipinski definition) is 2. The van der Waals surface area contributed by atoms with Gasteiger partial charge in [-0.05, 0) is 57.5 Å². The number of amides is 1. The maximum Gasteiger partial charge on any atom is 0.273 e. The van der Waals surface area contributed by atoms with Crippen molar-refractivity contribution in [2.24, 2.45) is 11.8 Å². The SMILES string of the molecule is Cc1c(C(=O)N[C@@H]2CCCC[C@H]2C(C)C)nnn1C1CCNCC1. The van der Waals surface area contributed by atoms with Gasteiger partial charge in [-0.2, -0.15) is 0 Å². The molecule has 0 spiro atoms. The fourth-order valence-corrected chi connectivity index (χ4v) is 4.32. The van der Waals surface area contributed by atoms with Crippen LogP contribution in [-0.4, -0.2) is 40.0 Å². The molecule has 134 valence electrons. The minimum Gasteiger partial charge on any atom is -0.348 e. The van der Waals surface area contributed by atoms with Gasteiger partial charge in [0, 0.05) is 6.04 Å². The van der Waals surface area contributed by atoms with Gasteiger partial charge in [-0.1, -0.05) is 31.9 Å². The molecule has 1 saturated heterocycles. The second-order valence-corrected chi connectivity index (χ2v) is 7.72. The van der Waals surface area contributed by atoms with Crippen molar-refractivity contribution < 1.29 is 4.79 Å². The first-order valence-corrected chi connectivity index (χ1v) is 9.51. The molecule has 0 radical (unpaired) electrons. The Hall–Kier alpha value is -1.43. The molecule has 1 aromatic heterocycles. The molecule has 2 fully saturated rings. The number of piperidine rings is 1. The second-order valence-electron chi connectivity index (χ2n) is 7.72. The highest BCUT2D eigenvalue weighted by Gasteiger charge is 2.30. The normalized spacial score (nSPS) is 25.8. The first-order valence-electron chi connectivity index (χ1n) is 9.51. The quantitative estimate of drug-likeness (QED) is 0.888. The Kier molecular flexibility index (Phi) is 5.54. The number of aromatic nitrogens is 3. The van der Waals surface area contributed by atoms with Gasteiger partial charge in [0.15, 0.2) is 5.69 Å². The molecule has 1 aliphatic heterocycles. The first-order chi connectivity index (χ1) is 11.6. The number of rotatable bonds is 4. The molecule has 2 aliphatic rings. The Morgan fingerprint density at radius 1 is 1.21 bits per heavy atom. The fraction of sp³-hybridized carbons (Fsp3) is 0.833. The van der Waals surface area contributed by atoms with Crippen LogP contribution in [0, 0.1) is 18.8 Å². The Morgan fingerprint density at radius 3 is 2.62 bits per heavy atom. The van der Waals surface area contributed by atoms with Gasteiger partial charge in [0.25, 0.3) is 5.91 Å². The zero-order chi connectivity index (χ0) is 17.1. The van der Waals surface area contributed by atoms with Crippen LogP contribution in [0.3, 0.4) is 0 Å². The third kappa shape index (κ3) is 3.63. The first kappa shape index (κ1) is 17.4. The summed E-state index contributed by atoms with van der Waals surface area (Å²) >= 11 is 0. The van der Waals surface area contributed by atoms with Gasteiger partial charge in [0.05, 0.1) is 11.7 Å². The largest absolute Gasteiger partial charge is 0.348 e. The number of carbonyl (C=O) groups excluding carboxylic acids is 1. The number of nitrogens with zero attached hydrogens (tertiary/aromatic N) is 3. The van der Waals surface area contributed by atoms with E-state index in [4.69, 9.17) is 0 Å². The summed E-state index contributed by atoms with van der Waals surface area (Å²) in [4.78, 5) is 12.8. The predicted octanol–water partition coefficient (Wildman–Crippen LogP) is 2.46. The van der Waals surface area contributed by atoms with Crippen molar-refractivity contribution in [3.05, 3.63) is 11.4 Å². The topological polar surface area (TPSA) is 71.8 Å². The molecular formula is C18H31N5O. The summed E-state index contributed by atoms with van der Waals surface area (Å²) in [5.41, 5.74) is 1.40. The number of carbonyl (C=O) groups is 1. The average molecular weight is 333 g/mol. The molecule has 1 amide bonds. The van der Waals surface area contributed by atoms with E-state index in [1.54, 1.807) is 0 Å². The molecule has 6 nitrogen and oxygen atoms in total. The predicted molar refractivity (Wildman–Crippen MR) is 93.9 cm³/mol. The number of nitrogens with one attached hydrogen (secondary N) is 2. The summed E-state index contributed by atoms with van der Waals surface area (Å²) in [5.74, 6) is 1.12. The van der Waals surface area contributed by atoms with Crippen LogP contribution >= 0.6 is 0 Å². The molecule has 0 unspecified atom stereocenters. The van der Waals surface area contributed by atoms with Gasteiger partial charge in [0.1, 0.15) is 0 Å². The van der Waals surface area contributed by atoms with Crippen LogP contribution in [0.4, 0.5) is 0 Å². The van der Waals surface area contributed by atoms with Crippen LogP contribution in [0.5, 0.6) is 0 Å². The molecule has 2 atom stereocenters. The van der Waals surface area contributed by atoms with E-state index in [-0.39, 0.29) is 11.9 Å². The van der Waals surface area contributed by atoms with E-state index < -0.39 is 0 Å². The lowest BCUT2D eigenvalue weighted by Gasteiger charge is -2.34. The Balaban J connectivity index is 1.69. The highest BCUT2D eigenvalue weighted by atomic mass is 16.2. The zero-order valence-corrected chi connectivity index (χ0v) is 15.2. The van der Waals surface area contributed by atoms with Gasteiger partial charge in [-0.3, -0.25) is 4.79 Å². The van der Waals surface area contributed by atoms with Crippen molar-refractivity contribution in [1.29, 1.82) is 0 Å². The van der Waals surface area contributed by atoms with Crippen molar-refractivity contribution in [1.82, 2.24) is 25.6 Å². The maximum absolute atomic E-state index is 12.8. The van der Waals surface area contributed by atoms with Gasteiger partial charge in [-0.25, -0.2) is 4.68 Å². The molecule has 0 bridgehead atoms. The van der Waals surface area contributed by atoms with Crippen LogP contribution < -0.4 is 10.6 Å². The molecule has 0 aromatic carbocycles. The summed E-state index contributed by atoms with van der Waals surface area (Å²) in [6, 6.07) is 0.632. The monoisotopic (exact) mass is 333 g/mol. The fourth-order valence-electron chi connectivity index (χ4n) is 4.32. The van der Waals surface area contributed by atoms with E-state index in [2.05, 4.69) is 34.8 Å². The van der Waals surface area contributed by atoms with Gasteiger partial charge in [0.2, 0.25) is 0 Å². The summed E-state index contributed by atoms with van der Waals surface area (Å²) in [6.07, 6.45) is 6.86. The van der Waals surface area contributed by atoms with Crippen LogP contribution in [-0.2, 0) is 0 Å². The van der Waals surface area contributed by atoms with E-state index >= 15 is 0 Å². The van der Waals surface area contributed by atoms with E-state index in [0.717, 1.165) is 38.0 Å². The minimum atomic E-state index is -0.0507. The van der Waals surface area contributed by atoms with E-state index in [9.17, 15) is 4.79 Å². The Labute approximate surface area is 144 Å². The van der Waals surface area contributed by atoms with E-state index in [1.165, 1.54) is 19.3 Å². The summed E-state index contributed by atoms with van der Waals surface area (Å²) in [7, 11) is 0. The van der Waals surface area contributed by atoms with Crippen LogP contribution in [0.25, 0.3) is 0 Å². The van der Waals surface area contributed by atoms with Gasteiger partial charge in [-0.15, -0.1) is 5.10 Å². The highest BCUT2D eigenvalue weighted by molar-refractivity contribution is 5.93. The Bertz CT molecular complexity index is 562. The van der Waals surface area contributed by atoms with Gasteiger partial charge < -0.3 is 10.6 Å². The summed E-state index contributed by atoms with van der Waals surface area (Å²) in [5, 5.41) is 15.1. The van der Waals surface area contributed by atoms with Gasteiger partial charge >= 0.3 is 0 Å². The van der Waals surface area contributed by atoms with Crippen molar-refractivity contribution >= 4 is 5.91 Å². The lowest BCUT2D eigenvalue weighted by Crippen LogP contribution is -2.44. The molecule has 24 heavy (non-hydrogen) atoms. The molecule has 2 N–H and O–H groups in total. The van der Waals surface area contributed by atoms with Crippen molar-refractivity contribution in [2.45, 2.75) is 71.4 Å². The molecular weight excluding hydrogens is 302 g/mol. The molecule has 1 aliphatic carbocycles. The lowest BCUT2D eigenvalue weighted by molar-refractivity contribution is 0.0883. The third-order valence-corrected chi connectivity index (χ3v) is 5.79. The number of hydrogen-bond acceptors (Lipinski definition) is 4. The maximum atomic E-state index is 12.8. The minimum absolute atomic E-state index is 0.0507. The smallest absolute Gasteiger partial charge is 0.273 e. The molecule has 3 rings (SSSR count). The molecule has 6 heteroatoms. The zero-order valence-electron chi connectivity index (χ0n) is 15.2. The standard InChI is InChI=1S/C18H31N5O/c1-12(2)15-6-4-5-7-16(15)20-18(24)17-13(3)23(22-21-17)14-8-10-19-11-9-14/h12,14-16,19H,4-11H2,1-3H3,(H,20,24)/t15-,16+/m0/s1. The van der Waals surface area contributed by atoms with Crippen molar-refractivity contribution in [2.75, 3.05) is 13.1 Å². The Morgan fingerprint density at radius 2 is 1.92 bits per heavy atom. The highest BCUT2D eigenvalue weighted by Crippen LogP contribution is 2.30. The third-order valence-electron chi connectivity index (χ3n) is 5.79. The summed E-state index contributed by atoms with van der Waals surface area (Å²) < 4.78 is 1.95. The summed E-state index contributed by atoms with van der Waals surface area (Å²) in [6.45, 7) is 8.49. The molecule has 1 aromatic rings. The van der Waals surface area contributed by atoms with Crippen LogP contribution in [0.15, 0.2) is 0 Å².